The van der Waals surface area contributed by atoms with Crippen LogP contribution in [0.1, 0.15) is 19.8 Å². The number of amides is 1. The normalized spacial score (nSPS) is 15.3. The molecule has 0 aromatic heterocycles. The number of hydrogen-bond donors (Lipinski definition) is 1. The van der Waals surface area contributed by atoms with Gasteiger partial charge in [0.1, 0.15) is 5.75 Å². The summed E-state index contributed by atoms with van der Waals surface area (Å²) in [6.07, 6.45) is 0.830. The van der Waals surface area contributed by atoms with Crippen molar-refractivity contribution >= 4 is 29.2 Å². The summed E-state index contributed by atoms with van der Waals surface area (Å²) in [5, 5.41) is 3.12. The second-order valence-corrected chi connectivity index (χ2v) is 5.12. The van der Waals surface area contributed by atoms with E-state index in [1.165, 1.54) is 14.0 Å². The van der Waals surface area contributed by atoms with Gasteiger partial charge in [0.05, 0.1) is 18.7 Å². The Hall–Kier alpha value is -1.75. The minimum Gasteiger partial charge on any atom is -0.495 e. The summed E-state index contributed by atoms with van der Waals surface area (Å²) >= 11 is 5.88. The molecular formula is C14H16ClNO4. The second-order valence-electron chi connectivity index (χ2n) is 4.69. The average Bonchev–Trinajstić information content (AvgIpc) is 3.23. The maximum absolute atomic E-state index is 12.0. The summed E-state index contributed by atoms with van der Waals surface area (Å²) in [6.45, 7) is 1.53. The van der Waals surface area contributed by atoms with Gasteiger partial charge in [0.2, 0.25) is 0 Å². The first-order valence-corrected chi connectivity index (χ1v) is 6.74. The fourth-order valence-corrected chi connectivity index (χ4v) is 1.83. The van der Waals surface area contributed by atoms with Crippen LogP contribution >= 0.6 is 11.6 Å². The summed E-state index contributed by atoms with van der Waals surface area (Å²) in [7, 11) is 1.50. The zero-order valence-electron chi connectivity index (χ0n) is 11.3. The lowest BCUT2D eigenvalue weighted by Crippen LogP contribution is -2.30. The summed E-state index contributed by atoms with van der Waals surface area (Å²) in [5.74, 6) is -0.278. The van der Waals surface area contributed by atoms with Crippen LogP contribution in [0.5, 0.6) is 5.75 Å². The molecule has 1 atom stereocenters. The average molecular weight is 298 g/mol. The molecular weight excluding hydrogens is 282 g/mol. The van der Waals surface area contributed by atoms with Crippen LogP contribution < -0.4 is 10.1 Å². The van der Waals surface area contributed by atoms with Gasteiger partial charge in [-0.2, -0.15) is 0 Å². The lowest BCUT2D eigenvalue weighted by Gasteiger charge is -2.15. The van der Waals surface area contributed by atoms with E-state index in [-0.39, 0.29) is 11.9 Å². The van der Waals surface area contributed by atoms with E-state index in [1.54, 1.807) is 18.2 Å². The summed E-state index contributed by atoms with van der Waals surface area (Å²) in [4.78, 5) is 23.5. The van der Waals surface area contributed by atoms with Crippen molar-refractivity contribution in [2.45, 2.75) is 25.9 Å². The Morgan fingerprint density at radius 1 is 1.40 bits per heavy atom. The molecule has 0 spiro atoms. The lowest BCUT2D eigenvalue weighted by molar-refractivity contribution is -0.154. The van der Waals surface area contributed by atoms with Gasteiger partial charge in [-0.25, -0.2) is 0 Å². The van der Waals surface area contributed by atoms with Gasteiger partial charge >= 0.3 is 5.97 Å². The van der Waals surface area contributed by atoms with Crippen molar-refractivity contribution in [3.05, 3.63) is 23.2 Å². The molecule has 1 fully saturated rings. The first-order chi connectivity index (χ1) is 9.51. The molecule has 0 heterocycles. The first-order valence-electron chi connectivity index (χ1n) is 6.36. The largest absolute Gasteiger partial charge is 0.495 e. The number of hydrogen-bond acceptors (Lipinski definition) is 4. The van der Waals surface area contributed by atoms with E-state index in [2.05, 4.69) is 5.32 Å². The Morgan fingerprint density at radius 3 is 2.70 bits per heavy atom. The van der Waals surface area contributed by atoms with Gasteiger partial charge in [-0.3, -0.25) is 9.59 Å². The number of rotatable bonds is 5. The van der Waals surface area contributed by atoms with Gasteiger partial charge in [0.25, 0.3) is 5.91 Å². The van der Waals surface area contributed by atoms with Crippen LogP contribution in [-0.4, -0.2) is 25.1 Å². The highest BCUT2D eigenvalue weighted by molar-refractivity contribution is 6.31. The monoisotopic (exact) mass is 297 g/mol. The molecule has 1 N–H and O–H groups in total. The summed E-state index contributed by atoms with van der Waals surface area (Å²) < 4.78 is 10.2. The number of ether oxygens (including phenoxy) is 2. The number of carbonyl (C=O) groups is 2. The molecule has 1 aromatic carbocycles. The van der Waals surface area contributed by atoms with E-state index in [4.69, 9.17) is 21.1 Å². The van der Waals surface area contributed by atoms with Crippen LogP contribution in [0, 0.1) is 5.92 Å². The van der Waals surface area contributed by atoms with E-state index >= 15 is 0 Å². The van der Waals surface area contributed by atoms with Crippen LogP contribution in [0.3, 0.4) is 0 Å². The van der Waals surface area contributed by atoms with Crippen LogP contribution in [0.15, 0.2) is 18.2 Å². The van der Waals surface area contributed by atoms with Crippen LogP contribution in [0.25, 0.3) is 0 Å². The second kappa shape index (κ2) is 6.13. The van der Waals surface area contributed by atoms with Crippen molar-refractivity contribution in [3.8, 4) is 5.75 Å². The predicted octanol–water partition coefficient (Wildman–Crippen LogP) is 2.63. The smallest absolute Gasteiger partial charge is 0.309 e. The third-order valence-electron chi connectivity index (χ3n) is 2.99. The zero-order chi connectivity index (χ0) is 14.7. The van der Waals surface area contributed by atoms with Crippen molar-refractivity contribution < 1.29 is 19.1 Å². The summed E-state index contributed by atoms with van der Waals surface area (Å²) in [6, 6.07) is 4.89. The minimum atomic E-state index is -0.855. The van der Waals surface area contributed by atoms with Gasteiger partial charge in [0.15, 0.2) is 6.10 Å². The van der Waals surface area contributed by atoms with E-state index < -0.39 is 12.0 Å². The maximum atomic E-state index is 12.0. The summed E-state index contributed by atoms with van der Waals surface area (Å²) in [5.41, 5.74) is 0.444. The molecule has 0 unspecified atom stereocenters. The van der Waals surface area contributed by atoms with Crippen molar-refractivity contribution in [1.82, 2.24) is 0 Å². The Bertz CT molecular complexity index is 528. The maximum Gasteiger partial charge on any atom is 0.309 e. The lowest BCUT2D eigenvalue weighted by atomic mass is 10.2. The molecule has 1 aliphatic rings. The van der Waals surface area contributed by atoms with Crippen molar-refractivity contribution in [1.29, 1.82) is 0 Å². The molecule has 1 amide bonds. The number of carbonyl (C=O) groups excluding carboxylic acids is 2. The standard InChI is InChI=1S/C14H16ClNO4/c1-8(20-14(18)9-3-4-9)13(17)16-11-7-10(15)5-6-12(11)19-2/h5-9H,3-4H2,1-2H3,(H,16,17)/t8-/m0/s1. The van der Waals surface area contributed by atoms with Crippen LogP contribution in [0.2, 0.25) is 5.02 Å². The molecule has 6 heteroatoms. The van der Waals surface area contributed by atoms with Crippen molar-refractivity contribution in [2.24, 2.45) is 5.92 Å². The molecule has 1 aliphatic carbocycles. The Labute approximate surface area is 122 Å². The number of esters is 1. The number of nitrogens with one attached hydrogen (secondary N) is 1. The zero-order valence-corrected chi connectivity index (χ0v) is 12.1. The van der Waals surface area contributed by atoms with Crippen molar-refractivity contribution in [2.75, 3.05) is 12.4 Å². The van der Waals surface area contributed by atoms with Crippen LogP contribution in [0.4, 0.5) is 5.69 Å². The number of benzene rings is 1. The quantitative estimate of drug-likeness (QED) is 0.849. The Morgan fingerprint density at radius 2 is 2.10 bits per heavy atom. The fourth-order valence-electron chi connectivity index (χ4n) is 1.66. The highest BCUT2D eigenvalue weighted by Crippen LogP contribution is 2.31. The van der Waals surface area contributed by atoms with E-state index in [0.717, 1.165) is 12.8 Å². The molecule has 2 rings (SSSR count). The topological polar surface area (TPSA) is 64.6 Å². The van der Waals surface area contributed by atoms with E-state index in [9.17, 15) is 9.59 Å². The highest BCUT2D eigenvalue weighted by Gasteiger charge is 2.33. The van der Waals surface area contributed by atoms with Gasteiger partial charge in [-0.15, -0.1) is 0 Å². The number of halogens is 1. The predicted molar refractivity (Wildman–Crippen MR) is 74.9 cm³/mol. The molecule has 0 radical (unpaired) electrons. The molecule has 20 heavy (non-hydrogen) atoms. The van der Waals surface area contributed by atoms with E-state index in [0.29, 0.717) is 16.5 Å². The van der Waals surface area contributed by atoms with Gasteiger partial charge in [0, 0.05) is 5.02 Å². The van der Waals surface area contributed by atoms with Gasteiger partial charge in [-0.05, 0) is 38.0 Å². The van der Waals surface area contributed by atoms with Crippen LogP contribution in [-0.2, 0) is 14.3 Å². The molecule has 0 saturated heterocycles. The molecule has 5 nitrogen and oxygen atoms in total. The first kappa shape index (κ1) is 14.7. The van der Waals surface area contributed by atoms with Gasteiger partial charge in [-0.1, -0.05) is 11.6 Å². The molecule has 0 aliphatic heterocycles. The Balaban J connectivity index is 1.99. The number of anilines is 1. The highest BCUT2D eigenvalue weighted by atomic mass is 35.5. The Kier molecular flexibility index (Phi) is 4.49. The molecule has 1 saturated carbocycles. The SMILES string of the molecule is COc1ccc(Cl)cc1NC(=O)[C@H](C)OC(=O)C1CC1. The third-order valence-corrected chi connectivity index (χ3v) is 3.23. The molecule has 0 bridgehead atoms. The minimum absolute atomic E-state index is 0.0362. The number of methoxy groups -OCH3 is 1. The third kappa shape index (κ3) is 3.63. The molecule has 1 aromatic rings. The van der Waals surface area contributed by atoms with Crippen molar-refractivity contribution in [3.63, 3.8) is 0 Å². The molecule has 108 valence electrons. The van der Waals surface area contributed by atoms with E-state index in [1.807, 2.05) is 0 Å². The fraction of sp³-hybridized carbons (Fsp3) is 0.429. The van der Waals surface area contributed by atoms with Gasteiger partial charge < -0.3 is 14.8 Å².